The van der Waals surface area contributed by atoms with E-state index in [1.807, 2.05) is 0 Å². The molecule has 0 radical (unpaired) electrons. The van der Waals surface area contributed by atoms with Crippen LogP contribution in [0.3, 0.4) is 0 Å². The van der Waals surface area contributed by atoms with Crippen molar-refractivity contribution in [3.63, 3.8) is 0 Å². The smallest absolute Gasteiger partial charge is 0.366 e. The summed E-state index contributed by atoms with van der Waals surface area (Å²) in [5.74, 6) is -1.14. The summed E-state index contributed by atoms with van der Waals surface area (Å²) in [6.07, 6.45) is 0.597. The van der Waals surface area contributed by atoms with Crippen molar-refractivity contribution in [2.45, 2.75) is 24.9 Å². The Morgan fingerprint density at radius 2 is 2.04 bits per heavy atom. The van der Waals surface area contributed by atoms with Gasteiger partial charge in [0.2, 0.25) is 11.8 Å². The van der Waals surface area contributed by atoms with Crippen molar-refractivity contribution in [1.82, 2.24) is 9.96 Å². The fourth-order valence-electron chi connectivity index (χ4n) is 3.08. The second-order valence-electron chi connectivity index (χ2n) is 5.94. The van der Waals surface area contributed by atoms with Crippen molar-refractivity contribution in [1.29, 1.82) is 0 Å². The normalized spacial score (nSPS) is 22.4. The van der Waals surface area contributed by atoms with Gasteiger partial charge in [-0.2, -0.15) is 13.5 Å². The zero-order valence-corrected chi connectivity index (χ0v) is 14.2. The summed E-state index contributed by atoms with van der Waals surface area (Å²) < 4.78 is 34.8. The van der Waals surface area contributed by atoms with Gasteiger partial charge < -0.3 is 16.0 Å². The molecule has 1 aromatic carbocycles. The Morgan fingerprint density at radius 1 is 1.31 bits per heavy atom. The van der Waals surface area contributed by atoms with Gasteiger partial charge in [-0.1, -0.05) is 6.07 Å². The van der Waals surface area contributed by atoms with Crippen molar-refractivity contribution in [2.75, 3.05) is 11.9 Å². The van der Waals surface area contributed by atoms with Crippen LogP contribution in [0.1, 0.15) is 23.2 Å². The van der Waals surface area contributed by atoms with Gasteiger partial charge >= 0.3 is 16.4 Å². The maximum atomic E-state index is 12.5. The monoisotopic (exact) mass is 384 g/mol. The number of primary amides is 1. The molecule has 12 heteroatoms. The number of benzene rings is 1. The molecule has 4 N–H and O–H groups in total. The number of carbonyl (C=O) groups is 3. The molecule has 2 aliphatic rings. The van der Waals surface area contributed by atoms with Gasteiger partial charge in [-0.05, 0) is 31.0 Å². The Morgan fingerprint density at radius 3 is 2.69 bits per heavy atom. The number of nitrogens with one attached hydrogen (secondary N) is 1. The van der Waals surface area contributed by atoms with Crippen LogP contribution in [0.15, 0.2) is 24.3 Å². The number of nitrogens with two attached hydrogens (primary N) is 1. The number of hydroxylamine groups is 2. The summed E-state index contributed by atoms with van der Waals surface area (Å²) in [4.78, 5) is 37.2. The van der Waals surface area contributed by atoms with Crippen LogP contribution in [0.4, 0.5) is 10.5 Å². The molecular weight excluding hydrogens is 368 g/mol. The van der Waals surface area contributed by atoms with E-state index >= 15 is 0 Å². The highest BCUT2D eigenvalue weighted by Crippen LogP contribution is 2.31. The lowest BCUT2D eigenvalue weighted by molar-refractivity contribution is -0.120. The molecule has 2 saturated heterocycles. The Balaban J connectivity index is 1.73. The van der Waals surface area contributed by atoms with Gasteiger partial charge in [0, 0.05) is 17.8 Å². The van der Waals surface area contributed by atoms with Crippen LogP contribution >= 0.6 is 0 Å². The van der Waals surface area contributed by atoms with Crippen LogP contribution in [-0.2, 0) is 19.5 Å². The maximum absolute atomic E-state index is 12.5. The van der Waals surface area contributed by atoms with Crippen LogP contribution in [0, 0.1) is 0 Å². The van der Waals surface area contributed by atoms with E-state index in [2.05, 4.69) is 9.60 Å². The minimum Gasteiger partial charge on any atom is -0.366 e. The second kappa shape index (κ2) is 6.55. The lowest BCUT2D eigenvalue weighted by atomic mass is 10.00. The highest BCUT2D eigenvalue weighted by molar-refractivity contribution is 7.80. The summed E-state index contributed by atoms with van der Waals surface area (Å²) in [6, 6.07) is 3.78. The lowest BCUT2D eigenvalue weighted by Gasteiger charge is -2.29. The van der Waals surface area contributed by atoms with Crippen molar-refractivity contribution in [3.8, 4) is 0 Å². The summed E-state index contributed by atoms with van der Waals surface area (Å²) >= 11 is 0. The van der Waals surface area contributed by atoms with E-state index in [1.54, 1.807) is 12.1 Å². The molecular formula is C14H16N4O7S. The number of anilines is 1. The maximum Gasteiger partial charge on any atom is 0.418 e. The molecule has 0 spiro atoms. The second-order valence-corrected chi connectivity index (χ2v) is 6.95. The number of nitrogens with zero attached hydrogens (tertiary/aromatic N) is 2. The van der Waals surface area contributed by atoms with Crippen molar-refractivity contribution < 1.29 is 31.6 Å². The standard InChI is InChI=1S/C14H16N4O7S/c15-12(19)8-2-1-3-9(6-8)16-13(20)11-5-4-10-7-17(11)14(21)18(10)25-26(22,23)24/h1-3,6,10-11H,4-5,7H2,(H2,15,19)(H,16,20)(H,22,23,24)/t10-,11-/m1/s1. The summed E-state index contributed by atoms with van der Waals surface area (Å²) in [5.41, 5.74) is 5.75. The van der Waals surface area contributed by atoms with Gasteiger partial charge in [-0.3, -0.25) is 14.1 Å². The number of amides is 4. The average Bonchev–Trinajstić information content (AvgIpc) is 2.78. The van der Waals surface area contributed by atoms with Gasteiger partial charge in [0.15, 0.2) is 0 Å². The number of piperidine rings is 1. The zero-order valence-electron chi connectivity index (χ0n) is 13.4. The van der Waals surface area contributed by atoms with Crippen LogP contribution in [0.5, 0.6) is 0 Å². The van der Waals surface area contributed by atoms with Crippen molar-refractivity contribution in [3.05, 3.63) is 29.8 Å². The Bertz CT molecular complexity index is 872. The zero-order chi connectivity index (χ0) is 19.1. The minimum atomic E-state index is -4.84. The van der Waals surface area contributed by atoms with E-state index in [9.17, 15) is 22.8 Å². The highest BCUT2D eigenvalue weighted by Gasteiger charge is 2.49. The molecule has 2 heterocycles. The predicted octanol–water partition coefficient (Wildman–Crippen LogP) is -0.273. The molecule has 2 aliphatic heterocycles. The van der Waals surface area contributed by atoms with Crippen molar-refractivity contribution >= 4 is 33.9 Å². The largest absolute Gasteiger partial charge is 0.418 e. The van der Waals surface area contributed by atoms with Gasteiger partial charge in [0.05, 0.1) is 6.04 Å². The molecule has 0 saturated carbocycles. The van der Waals surface area contributed by atoms with E-state index in [0.29, 0.717) is 17.2 Å². The molecule has 140 valence electrons. The molecule has 4 amide bonds. The number of rotatable bonds is 5. The van der Waals surface area contributed by atoms with E-state index < -0.39 is 40.3 Å². The van der Waals surface area contributed by atoms with Gasteiger partial charge in [-0.15, -0.1) is 4.28 Å². The molecule has 11 nitrogen and oxygen atoms in total. The first-order chi connectivity index (χ1) is 12.2. The fraction of sp³-hybridized carbons (Fsp3) is 0.357. The molecule has 0 unspecified atom stereocenters. The molecule has 26 heavy (non-hydrogen) atoms. The molecule has 2 bridgehead atoms. The predicted molar refractivity (Wildman–Crippen MR) is 87.0 cm³/mol. The van der Waals surface area contributed by atoms with E-state index in [0.717, 1.165) is 0 Å². The molecule has 0 aromatic heterocycles. The molecule has 2 fully saturated rings. The third-order valence-electron chi connectivity index (χ3n) is 4.21. The summed E-state index contributed by atoms with van der Waals surface area (Å²) in [7, 11) is -4.84. The van der Waals surface area contributed by atoms with E-state index in [4.69, 9.17) is 10.3 Å². The SMILES string of the molecule is NC(=O)c1cccc(NC(=O)[C@H]2CC[C@@H]3CN2C(=O)N3OS(=O)(=O)O)c1. The lowest BCUT2D eigenvalue weighted by Crippen LogP contribution is -2.47. The first-order valence-electron chi connectivity index (χ1n) is 7.63. The number of carbonyl (C=O) groups excluding carboxylic acids is 3. The molecule has 2 atom stereocenters. The van der Waals surface area contributed by atoms with Crippen LogP contribution < -0.4 is 11.1 Å². The van der Waals surface area contributed by atoms with Gasteiger partial charge in [0.1, 0.15) is 6.04 Å². The quantitative estimate of drug-likeness (QED) is 0.589. The molecule has 1 aromatic rings. The third kappa shape index (κ3) is 3.61. The van der Waals surface area contributed by atoms with Crippen molar-refractivity contribution in [2.24, 2.45) is 5.73 Å². The Kier molecular flexibility index (Phi) is 4.56. The topological polar surface area (TPSA) is 159 Å². The third-order valence-corrected chi connectivity index (χ3v) is 4.56. The van der Waals surface area contributed by atoms with Gasteiger partial charge in [-0.25, -0.2) is 4.79 Å². The van der Waals surface area contributed by atoms with Crippen LogP contribution in [0.25, 0.3) is 0 Å². The van der Waals surface area contributed by atoms with E-state index in [-0.39, 0.29) is 18.5 Å². The first-order valence-corrected chi connectivity index (χ1v) is 9.00. The molecule has 3 rings (SSSR count). The highest BCUT2D eigenvalue weighted by atomic mass is 32.3. The summed E-state index contributed by atoms with van der Waals surface area (Å²) in [6.45, 7) is 0.0910. The fourth-order valence-corrected chi connectivity index (χ4v) is 3.47. The van der Waals surface area contributed by atoms with Crippen LogP contribution in [-0.4, -0.2) is 59.4 Å². The Hall–Kier alpha value is -2.70. The number of urea groups is 1. The number of hydrogen-bond acceptors (Lipinski definition) is 6. The number of fused-ring (bicyclic) bond motifs is 2. The minimum absolute atomic E-state index is 0.0910. The number of hydrogen-bond donors (Lipinski definition) is 3. The van der Waals surface area contributed by atoms with Gasteiger partial charge in [0.25, 0.3) is 0 Å². The Labute approximate surface area is 148 Å². The average molecular weight is 384 g/mol. The summed E-state index contributed by atoms with van der Waals surface area (Å²) in [5, 5.41) is 3.17. The molecule has 0 aliphatic carbocycles. The van der Waals surface area contributed by atoms with Crippen LogP contribution in [0.2, 0.25) is 0 Å². The first kappa shape index (κ1) is 18.1. The van der Waals surface area contributed by atoms with E-state index in [1.165, 1.54) is 17.0 Å².